The third-order valence-electron chi connectivity index (χ3n) is 5.64. The van der Waals surface area contributed by atoms with Crippen molar-refractivity contribution in [3.05, 3.63) is 29.8 Å². The molecule has 1 aliphatic carbocycles. The van der Waals surface area contributed by atoms with E-state index in [-0.39, 0.29) is 17.2 Å². The molecule has 3 unspecified atom stereocenters. The molecule has 2 aliphatic rings. The lowest BCUT2D eigenvalue weighted by Gasteiger charge is -2.26. The molecule has 1 saturated heterocycles. The van der Waals surface area contributed by atoms with Gasteiger partial charge in [0.25, 0.3) is 0 Å². The van der Waals surface area contributed by atoms with Gasteiger partial charge in [0.2, 0.25) is 5.91 Å². The van der Waals surface area contributed by atoms with Crippen molar-refractivity contribution in [1.82, 2.24) is 15.8 Å². The van der Waals surface area contributed by atoms with Crippen LogP contribution in [0.2, 0.25) is 0 Å². The van der Waals surface area contributed by atoms with Crippen molar-refractivity contribution >= 4 is 15.7 Å². The first-order chi connectivity index (χ1) is 12.3. The van der Waals surface area contributed by atoms with E-state index in [2.05, 4.69) is 10.9 Å². The van der Waals surface area contributed by atoms with Crippen LogP contribution in [0.15, 0.2) is 29.2 Å². The third-order valence-corrected chi connectivity index (χ3v) is 6.77. The zero-order valence-corrected chi connectivity index (χ0v) is 16.4. The predicted molar refractivity (Wildman–Crippen MR) is 101 cm³/mol. The zero-order valence-electron chi connectivity index (χ0n) is 15.6. The summed E-state index contributed by atoms with van der Waals surface area (Å²) < 4.78 is 23.0. The minimum atomic E-state index is -3.21. The standard InChI is InChI=1S/C19H29N3O3S/c1-22(13-18-16-6-4-3-5-7-17(16)20-21-18)19(23)12-14-8-10-15(11-9-14)26(2,24)25/h8-11,16-18,20-21H,3-7,12-13H2,1-2H3. The number of hydrogen-bond acceptors (Lipinski definition) is 5. The van der Waals surface area contributed by atoms with Crippen LogP contribution < -0.4 is 10.9 Å². The molecule has 1 heterocycles. The maximum absolute atomic E-state index is 12.6. The number of rotatable bonds is 5. The molecule has 2 fully saturated rings. The molecule has 1 aromatic carbocycles. The molecule has 1 aliphatic heterocycles. The first-order valence-corrected chi connectivity index (χ1v) is 11.3. The van der Waals surface area contributed by atoms with Crippen molar-refractivity contribution in [1.29, 1.82) is 0 Å². The Balaban J connectivity index is 1.56. The Morgan fingerprint density at radius 1 is 1.12 bits per heavy atom. The minimum Gasteiger partial charge on any atom is -0.344 e. The Labute approximate surface area is 156 Å². The zero-order chi connectivity index (χ0) is 18.7. The number of amides is 1. The normalized spacial score (nSPS) is 26.2. The van der Waals surface area contributed by atoms with Crippen molar-refractivity contribution in [2.24, 2.45) is 5.92 Å². The van der Waals surface area contributed by atoms with Crippen LogP contribution in [-0.2, 0) is 21.1 Å². The number of benzene rings is 1. The molecule has 1 saturated carbocycles. The summed E-state index contributed by atoms with van der Waals surface area (Å²) in [4.78, 5) is 14.6. The Bertz CT molecular complexity index is 733. The highest BCUT2D eigenvalue weighted by Crippen LogP contribution is 2.29. The van der Waals surface area contributed by atoms with E-state index in [0.717, 1.165) is 5.56 Å². The number of likely N-dealkylation sites (N-methyl/N-ethyl adjacent to an activating group) is 1. The summed E-state index contributed by atoms with van der Waals surface area (Å²) in [5, 5.41) is 0. The molecule has 0 bridgehead atoms. The number of fused-ring (bicyclic) bond motifs is 1. The first kappa shape index (κ1) is 19.3. The van der Waals surface area contributed by atoms with Crippen molar-refractivity contribution < 1.29 is 13.2 Å². The number of carbonyl (C=O) groups excluding carboxylic acids is 1. The molecule has 0 aromatic heterocycles. The molecule has 0 radical (unpaired) electrons. The van der Waals surface area contributed by atoms with Crippen LogP contribution in [0.4, 0.5) is 0 Å². The quantitative estimate of drug-likeness (QED) is 0.811. The van der Waals surface area contributed by atoms with Crippen LogP contribution in [0.5, 0.6) is 0 Å². The summed E-state index contributed by atoms with van der Waals surface area (Å²) >= 11 is 0. The Morgan fingerprint density at radius 2 is 1.81 bits per heavy atom. The van der Waals surface area contributed by atoms with Crippen LogP contribution in [0.1, 0.15) is 37.7 Å². The fourth-order valence-electron chi connectivity index (χ4n) is 4.06. The molecule has 1 aromatic rings. The molecule has 2 N–H and O–H groups in total. The van der Waals surface area contributed by atoms with Crippen LogP contribution in [0, 0.1) is 5.92 Å². The van der Waals surface area contributed by atoms with E-state index in [1.807, 2.05) is 7.05 Å². The maximum Gasteiger partial charge on any atom is 0.226 e. The highest BCUT2D eigenvalue weighted by molar-refractivity contribution is 7.90. The molecule has 0 spiro atoms. The molecule has 7 heteroatoms. The molecule has 144 valence electrons. The fraction of sp³-hybridized carbons (Fsp3) is 0.632. The van der Waals surface area contributed by atoms with Gasteiger partial charge in [0.05, 0.1) is 11.3 Å². The number of nitrogens with one attached hydrogen (secondary N) is 2. The summed E-state index contributed by atoms with van der Waals surface area (Å²) in [6, 6.07) is 7.39. The van der Waals surface area contributed by atoms with Gasteiger partial charge in [-0.15, -0.1) is 0 Å². The van der Waals surface area contributed by atoms with Gasteiger partial charge in [-0.05, 0) is 36.5 Å². The minimum absolute atomic E-state index is 0.0518. The first-order valence-electron chi connectivity index (χ1n) is 9.38. The van der Waals surface area contributed by atoms with E-state index in [4.69, 9.17) is 0 Å². The summed E-state index contributed by atoms with van der Waals surface area (Å²) in [6.07, 6.45) is 7.74. The lowest BCUT2D eigenvalue weighted by atomic mass is 9.90. The van der Waals surface area contributed by atoms with Crippen LogP contribution in [0.25, 0.3) is 0 Å². The van der Waals surface area contributed by atoms with Gasteiger partial charge in [0.1, 0.15) is 0 Å². The summed E-state index contributed by atoms with van der Waals surface area (Å²) in [5.74, 6) is 0.637. The monoisotopic (exact) mass is 379 g/mol. The van der Waals surface area contributed by atoms with E-state index < -0.39 is 9.84 Å². The van der Waals surface area contributed by atoms with E-state index in [0.29, 0.717) is 24.5 Å². The second-order valence-corrected chi connectivity index (χ2v) is 9.69. The molecular weight excluding hydrogens is 350 g/mol. The van der Waals surface area contributed by atoms with Gasteiger partial charge in [-0.25, -0.2) is 8.42 Å². The van der Waals surface area contributed by atoms with E-state index in [1.165, 1.54) is 38.4 Å². The topological polar surface area (TPSA) is 78.5 Å². The molecule has 26 heavy (non-hydrogen) atoms. The van der Waals surface area contributed by atoms with Gasteiger partial charge in [-0.2, -0.15) is 0 Å². The second-order valence-electron chi connectivity index (χ2n) is 7.67. The Kier molecular flexibility index (Phi) is 5.99. The Hall–Kier alpha value is -1.44. The lowest BCUT2D eigenvalue weighted by molar-refractivity contribution is -0.129. The van der Waals surface area contributed by atoms with Crippen molar-refractivity contribution in [2.75, 3.05) is 19.8 Å². The maximum atomic E-state index is 12.6. The van der Waals surface area contributed by atoms with Gasteiger partial charge in [0, 0.05) is 31.9 Å². The van der Waals surface area contributed by atoms with Crippen molar-refractivity contribution in [3.8, 4) is 0 Å². The average Bonchev–Trinajstić information content (AvgIpc) is 2.81. The second kappa shape index (κ2) is 8.06. The number of carbonyl (C=O) groups is 1. The van der Waals surface area contributed by atoms with E-state index in [1.54, 1.807) is 29.2 Å². The lowest BCUT2D eigenvalue weighted by Crippen LogP contribution is -2.43. The molecule has 1 amide bonds. The van der Waals surface area contributed by atoms with Gasteiger partial charge in [-0.1, -0.05) is 31.4 Å². The van der Waals surface area contributed by atoms with Crippen molar-refractivity contribution in [2.45, 2.75) is 55.5 Å². The van der Waals surface area contributed by atoms with Gasteiger partial charge in [-0.3, -0.25) is 15.6 Å². The summed E-state index contributed by atoms with van der Waals surface area (Å²) in [6.45, 7) is 0.689. The number of hydrogen-bond donors (Lipinski definition) is 2. The van der Waals surface area contributed by atoms with Crippen LogP contribution in [-0.4, -0.2) is 51.2 Å². The predicted octanol–water partition coefficient (Wildman–Crippen LogP) is 1.52. The SMILES string of the molecule is CN(CC1NNC2CCCCCC21)C(=O)Cc1ccc(S(C)(=O)=O)cc1. The van der Waals surface area contributed by atoms with Gasteiger partial charge in [0.15, 0.2) is 9.84 Å². The largest absolute Gasteiger partial charge is 0.344 e. The summed E-state index contributed by atoms with van der Waals surface area (Å²) in [5.41, 5.74) is 7.64. The molecular formula is C19H29N3O3S. The van der Waals surface area contributed by atoms with Crippen LogP contribution in [0.3, 0.4) is 0 Å². The fourth-order valence-corrected chi connectivity index (χ4v) is 4.69. The third kappa shape index (κ3) is 4.64. The van der Waals surface area contributed by atoms with Gasteiger partial charge < -0.3 is 4.90 Å². The number of nitrogens with zero attached hydrogens (tertiary/aromatic N) is 1. The van der Waals surface area contributed by atoms with Crippen LogP contribution >= 0.6 is 0 Å². The average molecular weight is 380 g/mol. The number of hydrazine groups is 1. The molecule has 3 atom stereocenters. The Morgan fingerprint density at radius 3 is 2.50 bits per heavy atom. The van der Waals surface area contributed by atoms with Gasteiger partial charge >= 0.3 is 0 Å². The molecule has 6 nitrogen and oxygen atoms in total. The highest BCUT2D eigenvalue weighted by atomic mass is 32.2. The smallest absolute Gasteiger partial charge is 0.226 e. The van der Waals surface area contributed by atoms with E-state index >= 15 is 0 Å². The molecule has 3 rings (SSSR count). The highest BCUT2D eigenvalue weighted by Gasteiger charge is 2.36. The van der Waals surface area contributed by atoms with Crippen molar-refractivity contribution in [3.63, 3.8) is 0 Å². The van der Waals surface area contributed by atoms with E-state index in [9.17, 15) is 13.2 Å². The number of sulfone groups is 1. The summed E-state index contributed by atoms with van der Waals surface area (Å²) in [7, 11) is -1.36.